The van der Waals surface area contributed by atoms with Crippen molar-refractivity contribution in [3.8, 4) is 0 Å². The highest BCUT2D eigenvalue weighted by Crippen LogP contribution is 2.49. The molecule has 1 aliphatic heterocycles. The van der Waals surface area contributed by atoms with Gasteiger partial charge in [0, 0.05) is 10.5 Å². The van der Waals surface area contributed by atoms with Crippen LogP contribution in [-0.2, 0) is 10.2 Å². The number of halogens is 1. The molecule has 1 aliphatic carbocycles. The molecular weight excluding hydrogens is 304 g/mol. The first-order valence-electron chi connectivity index (χ1n) is 6.98. The number of nitrogens with one attached hydrogen (secondary N) is 2. The molecule has 0 bridgehead atoms. The predicted molar refractivity (Wildman–Crippen MR) is 79.1 cm³/mol. The Labute approximate surface area is 122 Å². The fraction of sp³-hybridized carbons (Fsp3) is 0.533. The maximum Gasteiger partial charge on any atom is 0.230 e. The molecule has 3 nitrogen and oxygen atoms in total. The lowest BCUT2D eigenvalue weighted by atomic mass is 9.94. The van der Waals surface area contributed by atoms with Crippen LogP contribution in [0.15, 0.2) is 28.7 Å². The molecule has 0 radical (unpaired) electrons. The van der Waals surface area contributed by atoms with Gasteiger partial charge in [-0.1, -0.05) is 28.1 Å². The van der Waals surface area contributed by atoms with Crippen molar-refractivity contribution in [3.05, 3.63) is 34.3 Å². The first kappa shape index (κ1) is 13.1. The summed E-state index contributed by atoms with van der Waals surface area (Å²) in [5.74, 6) is 0.220. The van der Waals surface area contributed by atoms with Crippen LogP contribution in [0.25, 0.3) is 0 Å². The standard InChI is InChI=1S/C15H19BrN2O/c16-12-3-1-2-11(10-12)15(6-7-15)14(19)18-13-4-8-17-9-5-13/h1-3,10,13,17H,4-9H2,(H,18,19). The number of benzene rings is 1. The van der Waals surface area contributed by atoms with Crippen molar-refractivity contribution in [2.45, 2.75) is 37.1 Å². The SMILES string of the molecule is O=C(NC1CCNCC1)C1(c2cccc(Br)c2)CC1. The van der Waals surface area contributed by atoms with E-state index in [1.165, 1.54) is 0 Å². The van der Waals surface area contributed by atoms with Gasteiger partial charge in [-0.3, -0.25) is 4.79 Å². The molecular formula is C15H19BrN2O. The van der Waals surface area contributed by atoms with Gasteiger partial charge in [-0.05, 0) is 56.5 Å². The third-order valence-corrected chi connectivity index (χ3v) is 4.73. The van der Waals surface area contributed by atoms with Crippen molar-refractivity contribution in [3.63, 3.8) is 0 Å². The Bertz CT molecular complexity index is 479. The first-order chi connectivity index (χ1) is 9.21. The molecule has 0 spiro atoms. The summed E-state index contributed by atoms with van der Waals surface area (Å²) in [6.07, 6.45) is 4.03. The lowest BCUT2D eigenvalue weighted by molar-refractivity contribution is -0.124. The monoisotopic (exact) mass is 322 g/mol. The number of carbonyl (C=O) groups excluding carboxylic acids is 1. The highest BCUT2D eigenvalue weighted by molar-refractivity contribution is 9.10. The van der Waals surface area contributed by atoms with E-state index in [2.05, 4.69) is 38.7 Å². The minimum absolute atomic E-state index is 0.220. The number of rotatable bonds is 3. The Morgan fingerprint density at radius 1 is 1.32 bits per heavy atom. The average Bonchev–Trinajstić information content (AvgIpc) is 3.21. The normalized spacial score (nSPS) is 21.9. The van der Waals surface area contributed by atoms with Crippen molar-refractivity contribution in [1.29, 1.82) is 0 Å². The van der Waals surface area contributed by atoms with Crippen molar-refractivity contribution in [2.75, 3.05) is 13.1 Å². The maximum absolute atomic E-state index is 12.6. The van der Waals surface area contributed by atoms with E-state index in [1.807, 2.05) is 12.1 Å². The summed E-state index contributed by atoms with van der Waals surface area (Å²) < 4.78 is 1.05. The van der Waals surface area contributed by atoms with Crippen LogP contribution in [0, 0.1) is 0 Å². The van der Waals surface area contributed by atoms with E-state index in [9.17, 15) is 4.79 Å². The van der Waals surface area contributed by atoms with Crippen LogP contribution in [0.4, 0.5) is 0 Å². The summed E-state index contributed by atoms with van der Waals surface area (Å²) in [7, 11) is 0. The largest absolute Gasteiger partial charge is 0.353 e. The first-order valence-corrected chi connectivity index (χ1v) is 7.78. The fourth-order valence-electron chi connectivity index (χ4n) is 2.85. The molecule has 0 unspecified atom stereocenters. The zero-order valence-corrected chi connectivity index (χ0v) is 12.5. The van der Waals surface area contributed by atoms with Crippen LogP contribution in [0.1, 0.15) is 31.2 Å². The second kappa shape index (κ2) is 5.25. The molecule has 0 aromatic heterocycles. The van der Waals surface area contributed by atoms with Crippen LogP contribution in [0.2, 0.25) is 0 Å². The molecule has 2 aliphatic rings. The van der Waals surface area contributed by atoms with Crippen LogP contribution >= 0.6 is 15.9 Å². The zero-order chi connectivity index (χ0) is 13.3. The number of hydrogen-bond donors (Lipinski definition) is 2. The minimum Gasteiger partial charge on any atom is -0.353 e. The molecule has 102 valence electrons. The van der Waals surface area contributed by atoms with E-state index in [-0.39, 0.29) is 11.3 Å². The molecule has 1 aromatic rings. The molecule has 0 atom stereocenters. The topological polar surface area (TPSA) is 41.1 Å². The number of carbonyl (C=O) groups is 1. The van der Waals surface area contributed by atoms with Gasteiger partial charge < -0.3 is 10.6 Å². The predicted octanol–water partition coefficient (Wildman–Crippen LogP) is 2.35. The molecule has 4 heteroatoms. The van der Waals surface area contributed by atoms with Crippen LogP contribution < -0.4 is 10.6 Å². The van der Waals surface area contributed by atoms with Crippen molar-refractivity contribution in [2.24, 2.45) is 0 Å². The molecule has 19 heavy (non-hydrogen) atoms. The van der Waals surface area contributed by atoms with E-state index in [1.54, 1.807) is 0 Å². The highest BCUT2D eigenvalue weighted by Gasteiger charge is 2.51. The number of amides is 1. The summed E-state index contributed by atoms with van der Waals surface area (Å²) in [4.78, 5) is 12.6. The molecule has 1 aromatic carbocycles. The molecule has 1 saturated heterocycles. The number of piperidine rings is 1. The Kier molecular flexibility index (Phi) is 3.63. The molecule has 1 heterocycles. The lowest BCUT2D eigenvalue weighted by Crippen LogP contribution is -2.46. The van der Waals surface area contributed by atoms with Crippen molar-refractivity contribution >= 4 is 21.8 Å². The van der Waals surface area contributed by atoms with Gasteiger partial charge in [0.2, 0.25) is 5.91 Å². The Hall–Kier alpha value is -0.870. The van der Waals surface area contributed by atoms with Gasteiger partial charge in [0.05, 0.1) is 5.41 Å². The van der Waals surface area contributed by atoms with E-state index in [0.717, 1.165) is 48.8 Å². The summed E-state index contributed by atoms with van der Waals surface area (Å²) in [5, 5.41) is 6.57. The van der Waals surface area contributed by atoms with E-state index in [0.29, 0.717) is 6.04 Å². The molecule has 2 N–H and O–H groups in total. The van der Waals surface area contributed by atoms with Crippen molar-refractivity contribution in [1.82, 2.24) is 10.6 Å². The minimum atomic E-state index is -0.255. The Balaban J connectivity index is 1.71. The highest BCUT2D eigenvalue weighted by atomic mass is 79.9. The van der Waals surface area contributed by atoms with Gasteiger partial charge >= 0.3 is 0 Å². The zero-order valence-electron chi connectivity index (χ0n) is 10.9. The summed E-state index contributed by atoms with van der Waals surface area (Å²) in [6.45, 7) is 2.02. The molecule has 3 rings (SSSR count). The van der Waals surface area contributed by atoms with Gasteiger partial charge in [0.25, 0.3) is 0 Å². The van der Waals surface area contributed by atoms with Crippen LogP contribution in [0.3, 0.4) is 0 Å². The summed E-state index contributed by atoms with van der Waals surface area (Å²) in [6, 6.07) is 8.51. The van der Waals surface area contributed by atoms with Crippen LogP contribution in [0.5, 0.6) is 0 Å². The molecule has 2 fully saturated rings. The van der Waals surface area contributed by atoms with Gasteiger partial charge in [0.15, 0.2) is 0 Å². The third kappa shape index (κ3) is 2.70. The van der Waals surface area contributed by atoms with E-state index < -0.39 is 0 Å². The summed E-state index contributed by atoms with van der Waals surface area (Å²) >= 11 is 3.49. The van der Waals surface area contributed by atoms with Gasteiger partial charge in [-0.2, -0.15) is 0 Å². The number of hydrogen-bond acceptors (Lipinski definition) is 2. The van der Waals surface area contributed by atoms with Gasteiger partial charge in [0.1, 0.15) is 0 Å². The lowest BCUT2D eigenvalue weighted by Gasteiger charge is -2.26. The third-order valence-electron chi connectivity index (χ3n) is 4.24. The van der Waals surface area contributed by atoms with E-state index >= 15 is 0 Å². The second-order valence-corrected chi connectivity index (χ2v) is 6.51. The van der Waals surface area contributed by atoms with Crippen molar-refractivity contribution < 1.29 is 4.79 Å². The fourth-order valence-corrected chi connectivity index (χ4v) is 3.25. The Morgan fingerprint density at radius 2 is 2.05 bits per heavy atom. The van der Waals surface area contributed by atoms with Gasteiger partial charge in [-0.25, -0.2) is 0 Å². The van der Waals surface area contributed by atoms with Crippen LogP contribution in [-0.4, -0.2) is 25.0 Å². The Morgan fingerprint density at radius 3 is 2.68 bits per heavy atom. The molecule has 1 saturated carbocycles. The average molecular weight is 323 g/mol. The van der Waals surface area contributed by atoms with E-state index in [4.69, 9.17) is 0 Å². The quantitative estimate of drug-likeness (QED) is 0.896. The maximum atomic E-state index is 12.6. The second-order valence-electron chi connectivity index (χ2n) is 5.59. The van der Waals surface area contributed by atoms with Gasteiger partial charge in [-0.15, -0.1) is 0 Å². The summed E-state index contributed by atoms with van der Waals surface area (Å²) in [5.41, 5.74) is 0.891. The molecule has 1 amide bonds. The smallest absolute Gasteiger partial charge is 0.230 e.